The Labute approximate surface area is 237 Å². The third-order valence-electron chi connectivity index (χ3n) is 7.12. The van der Waals surface area contributed by atoms with Gasteiger partial charge in [0.15, 0.2) is 5.82 Å². The second-order valence-electron chi connectivity index (χ2n) is 10.3. The van der Waals surface area contributed by atoms with E-state index in [9.17, 15) is 0 Å². The predicted octanol–water partition coefficient (Wildman–Crippen LogP) is 4.50. The van der Waals surface area contributed by atoms with Crippen molar-refractivity contribution in [2.45, 2.75) is 44.7 Å². The van der Waals surface area contributed by atoms with Gasteiger partial charge in [-0.05, 0) is 66.6 Å². The molecule has 1 aliphatic heterocycles. The van der Waals surface area contributed by atoms with Crippen LogP contribution >= 0.6 is 23.2 Å². The lowest BCUT2D eigenvalue weighted by Gasteiger charge is -2.48. The average Bonchev–Trinajstić information content (AvgIpc) is 3.35. The van der Waals surface area contributed by atoms with E-state index in [4.69, 9.17) is 40.1 Å². The smallest absolute Gasteiger partial charge is 0.151 e. The van der Waals surface area contributed by atoms with Crippen LogP contribution in [0.25, 0.3) is 0 Å². The fraction of sp³-hybridized carbons (Fsp3) is 0.321. The molecule has 0 bridgehead atoms. The van der Waals surface area contributed by atoms with Crippen molar-refractivity contribution < 1.29 is 0 Å². The highest BCUT2D eigenvalue weighted by Gasteiger charge is 2.40. The minimum Gasteiger partial charge on any atom is -0.398 e. The van der Waals surface area contributed by atoms with Gasteiger partial charge in [0.1, 0.15) is 5.69 Å². The fourth-order valence-electron chi connectivity index (χ4n) is 5.12. The van der Waals surface area contributed by atoms with Crippen molar-refractivity contribution in [1.82, 2.24) is 25.0 Å². The standard InChI is InChI=1S/C28H31Cl2N9/c1-3-39-14-19(11-35-39)10-28(33)15-38(16-28)25-7-6-24(36-37-25)27(32)20-9-18(4-5-23(20)31)8-17(2)26-21(29)12-34-13-22(26)30/h4-7,9,11-14,17,32H,3,8,10,15-16,31,33H2,1-2H3/t17-/m0/s1. The van der Waals surface area contributed by atoms with Crippen LogP contribution in [0.15, 0.2) is 55.1 Å². The van der Waals surface area contributed by atoms with Gasteiger partial charge >= 0.3 is 0 Å². The molecular weight excluding hydrogens is 533 g/mol. The van der Waals surface area contributed by atoms with E-state index in [0.29, 0.717) is 46.5 Å². The number of benzene rings is 1. The third-order valence-corrected chi connectivity index (χ3v) is 7.72. The highest BCUT2D eigenvalue weighted by molar-refractivity contribution is 6.35. The Morgan fingerprint density at radius 1 is 1.08 bits per heavy atom. The molecule has 4 heterocycles. The summed E-state index contributed by atoms with van der Waals surface area (Å²) < 4.78 is 1.91. The molecule has 9 nitrogen and oxygen atoms in total. The number of aryl methyl sites for hydroxylation is 1. The third kappa shape index (κ3) is 5.75. The maximum atomic E-state index is 8.79. The molecule has 0 amide bonds. The Morgan fingerprint density at radius 3 is 2.46 bits per heavy atom. The topological polar surface area (TPSA) is 136 Å². The Balaban J connectivity index is 1.25. The van der Waals surface area contributed by atoms with Crippen molar-refractivity contribution in [1.29, 1.82) is 5.41 Å². The number of nitrogen functional groups attached to an aromatic ring is 1. The van der Waals surface area contributed by atoms with E-state index < -0.39 is 0 Å². The van der Waals surface area contributed by atoms with Crippen LogP contribution < -0.4 is 16.4 Å². The SMILES string of the molecule is CCn1cc(CC2(N)CN(c3ccc(C(=N)c4cc(C[C@H](C)c5c(Cl)cncc5Cl)ccc4N)nn3)C2)cn1. The van der Waals surface area contributed by atoms with Gasteiger partial charge in [0.05, 0.1) is 27.5 Å². The van der Waals surface area contributed by atoms with Gasteiger partial charge in [0.2, 0.25) is 0 Å². The summed E-state index contributed by atoms with van der Waals surface area (Å²) >= 11 is 12.7. The lowest BCUT2D eigenvalue weighted by Crippen LogP contribution is -2.68. The Bertz CT molecular complexity index is 1470. The highest BCUT2D eigenvalue weighted by atomic mass is 35.5. The number of halogens is 2. The first-order chi connectivity index (χ1) is 18.7. The van der Waals surface area contributed by atoms with Gasteiger partial charge in [-0.3, -0.25) is 15.1 Å². The second-order valence-corrected chi connectivity index (χ2v) is 11.1. The second kappa shape index (κ2) is 10.9. The number of anilines is 2. The molecule has 5 rings (SSSR count). The summed E-state index contributed by atoms with van der Waals surface area (Å²) in [7, 11) is 0. The first-order valence-corrected chi connectivity index (χ1v) is 13.6. The number of nitrogens with zero attached hydrogens (tertiary/aromatic N) is 6. The lowest BCUT2D eigenvalue weighted by molar-refractivity contribution is 0.327. The molecule has 1 aromatic carbocycles. The van der Waals surface area contributed by atoms with Crippen LogP contribution in [-0.2, 0) is 19.4 Å². The van der Waals surface area contributed by atoms with Crippen LogP contribution in [0.3, 0.4) is 0 Å². The molecule has 3 aromatic heterocycles. The molecule has 0 aliphatic carbocycles. The molecule has 0 unspecified atom stereocenters. The van der Waals surface area contributed by atoms with E-state index >= 15 is 0 Å². The maximum Gasteiger partial charge on any atom is 0.151 e. The van der Waals surface area contributed by atoms with Crippen LogP contribution in [0.1, 0.15) is 47.7 Å². The highest BCUT2D eigenvalue weighted by Crippen LogP contribution is 2.33. The first-order valence-electron chi connectivity index (χ1n) is 12.8. The van der Waals surface area contributed by atoms with Crippen molar-refractivity contribution in [3.05, 3.63) is 93.1 Å². The van der Waals surface area contributed by atoms with Gasteiger partial charge in [-0.1, -0.05) is 36.2 Å². The molecule has 1 aliphatic rings. The molecule has 11 heteroatoms. The van der Waals surface area contributed by atoms with Crippen molar-refractivity contribution in [3.8, 4) is 0 Å². The molecule has 0 radical (unpaired) electrons. The number of hydrogen-bond donors (Lipinski definition) is 3. The molecular formula is C28H31Cl2N9. The van der Waals surface area contributed by atoms with Gasteiger partial charge in [-0.2, -0.15) is 5.10 Å². The molecule has 202 valence electrons. The van der Waals surface area contributed by atoms with Gasteiger partial charge < -0.3 is 16.4 Å². The van der Waals surface area contributed by atoms with Crippen molar-refractivity contribution >= 4 is 40.4 Å². The van der Waals surface area contributed by atoms with Crippen molar-refractivity contribution in [3.63, 3.8) is 0 Å². The lowest BCUT2D eigenvalue weighted by atomic mass is 9.85. The molecule has 39 heavy (non-hydrogen) atoms. The summed E-state index contributed by atoms with van der Waals surface area (Å²) in [6.45, 7) is 6.31. The number of pyridine rings is 1. The van der Waals surface area contributed by atoms with Gasteiger partial charge in [0, 0.05) is 49.5 Å². The summed E-state index contributed by atoms with van der Waals surface area (Å²) in [5.41, 5.74) is 17.3. The molecule has 0 saturated carbocycles. The zero-order chi connectivity index (χ0) is 27.7. The minimum atomic E-state index is -0.328. The number of nitrogens with two attached hydrogens (primary N) is 2. The van der Waals surface area contributed by atoms with E-state index in [-0.39, 0.29) is 17.2 Å². The van der Waals surface area contributed by atoms with Gasteiger partial charge in [-0.25, -0.2) is 0 Å². The van der Waals surface area contributed by atoms with E-state index in [1.165, 1.54) is 0 Å². The maximum absolute atomic E-state index is 8.79. The quantitative estimate of drug-likeness (QED) is 0.201. The van der Waals surface area contributed by atoms with Gasteiger partial charge in [-0.15, -0.1) is 10.2 Å². The monoisotopic (exact) mass is 563 g/mol. The largest absolute Gasteiger partial charge is 0.398 e. The van der Waals surface area contributed by atoms with E-state index in [1.54, 1.807) is 18.5 Å². The zero-order valence-electron chi connectivity index (χ0n) is 21.9. The van der Waals surface area contributed by atoms with Gasteiger partial charge in [0.25, 0.3) is 0 Å². The Kier molecular flexibility index (Phi) is 7.57. The van der Waals surface area contributed by atoms with Crippen LogP contribution in [0.2, 0.25) is 10.0 Å². The molecule has 1 atom stereocenters. The Hall–Kier alpha value is -3.53. The van der Waals surface area contributed by atoms with E-state index in [2.05, 4.69) is 39.0 Å². The van der Waals surface area contributed by atoms with Crippen LogP contribution in [-0.4, -0.2) is 49.3 Å². The first kappa shape index (κ1) is 27.1. The predicted molar refractivity (Wildman–Crippen MR) is 156 cm³/mol. The average molecular weight is 565 g/mol. The number of rotatable bonds is 9. The van der Waals surface area contributed by atoms with E-state index in [1.807, 2.05) is 41.3 Å². The van der Waals surface area contributed by atoms with Crippen molar-refractivity contribution in [2.75, 3.05) is 23.7 Å². The number of hydrogen-bond acceptors (Lipinski definition) is 8. The summed E-state index contributed by atoms with van der Waals surface area (Å²) in [6.07, 6.45) is 8.55. The minimum absolute atomic E-state index is 0.0479. The number of nitrogens with one attached hydrogen (secondary N) is 1. The van der Waals surface area contributed by atoms with Crippen molar-refractivity contribution in [2.24, 2.45) is 5.73 Å². The molecule has 1 fully saturated rings. The summed E-state index contributed by atoms with van der Waals surface area (Å²) in [5, 5.41) is 22.9. The summed E-state index contributed by atoms with van der Waals surface area (Å²) in [4.78, 5) is 6.13. The summed E-state index contributed by atoms with van der Waals surface area (Å²) in [6, 6.07) is 9.37. The summed E-state index contributed by atoms with van der Waals surface area (Å²) in [5.74, 6) is 0.783. The van der Waals surface area contributed by atoms with E-state index in [0.717, 1.165) is 35.5 Å². The molecule has 4 aromatic rings. The van der Waals surface area contributed by atoms with Crippen LogP contribution in [0.4, 0.5) is 11.5 Å². The van der Waals surface area contributed by atoms with Crippen LogP contribution in [0, 0.1) is 5.41 Å². The zero-order valence-corrected chi connectivity index (χ0v) is 23.4. The van der Waals surface area contributed by atoms with Crippen LogP contribution in [0.5, 0.6) is 0 Å². The molecule has 1 saturated heterocycles. The molecule has 5 N–H and O–H groups in total. The molecule has 0 spiro atoms. The fourth-order valence-corrected chi connectivity index (χ4v) is 5.86. The normalized spacial score (nSPS) is 15.2. The number of aromatic nitrogens is 5. The Morgan fingerprint density at radius 2 is 1.82 bits per heavy atom.